The van der Waals surface area contributed by atoms with Crippen LogP contribution in [0, 0.1) is 11.8 Å². The van der Waals surface area contributed by atoms with Crippen molar-refractivity contribution in [2.75, 3.05) is 6.61 Å². The van der Waals surface area contributed by atoms with Gasteiger partial charge in [-0.25, -0.2) is 0 Å². The molecule has 0 amide bonds. The summed E-state index contributed by atoms with van der Waals surface area (Å²) >= 11 is 0. The van der Waals surface area contributed by atoms with Crippen molar-refractivity contribution in [3.63, 3.8) is 0 Å². The molecule has 3 heteroatoms. The van der Waals surface area contributed by atoms with Gasteiger partial charge >= 0.3 is 0 Å². The zero-order valence-corrected chi connectivity index (χ0v) is 8.47. The first-order valence-electron chi connectivity index (χ1n) is 4.72. The van der Waals surface area contributed by atoms with Crippen molar-refractivity contribution in [3.05, 3.63) is 30.1 Å². The van der Waals surface area contributed by atoms with Crippen molar-refractivity contribution >= 4 is 5.78 Å². The third-order valence-corrected chi connectivity index (χ3v) is 2.30. The molecular weight excluding hydrogens is 178 g/mol. The molecule has 1 aromatic heterocycles. The van der Waals surface area contributed by atoms with Crippen LogP contribution in [0.5, 0.6) is 0 Å². The van der Waals surface area contributed by atoms with E-state index in [1.807, 2.05) is 13.8 Å². The minimum absolute atomic E-state index is 0.00935. The Balaban J connectivity index is 2.84. The van der Waals surface area contributed by atoms with Crippen LogP contribution >= 0.6 is 0 Å². The Kier molecular flexibility index (Phi) is 3.77. The van der Waals surface area contributed by atoms with Crippen LogP contribution in [0.15, 0.2) is 24.5 Å². The lowest BCUT2D eigenvalue weighted by atomic mass is 9.89. The molecule has 0 spiro atoms. The Labute approximate surface area is 83.8 Å². The second-order valence-corrected chi connectivity index (χ2v) is 3.63. The van der Waals surface area contributed by atoms with E-state index in [1.54, 1.807) is 24.5 Å². The average Bonchev–Trinajstić information content (AvgIpc) is 2.19. The van der Waals surface area contributed by atoms with Crippen molar-refractivity contribution in [1.29, 1.82) is 0 Å². The van der Waals surface area contributed by atoms with E-state index in [0.29, 0.717) is 5.56 Å². The van der Waals surface area contributed by atoms with Crippen molar-refractivity contribution in [1.82, 2.24) is 4.98 Å². The molecule has 1 atom stereocenters. The normalized spacial score (nSPS) is 12.9. The number of hydrogen-bond donors (Lipinski definition) is 1. The van der Waals surface area contributed by atoms with E-state index in [0.717, 1.165) is 0 Å². The highest BCUT2D eigenvalue weighted by Gasteiger charge is 2.22. The number of nitrogens with zero attached hydrogens (tertiary/aromatic N) is 1. The highest BCUT2D eigenvalue weighted by atomic mass is 16.3. The largest absolute Gasteiger partial charge is 0.396 e. The standard InChI is InChI=1S/C11H15NO2/c1-8(2)10(7-13)11(14)9-3-5-12-6-4-9/h3-6,8,10,13H,7H2,1-2H3. The highest BCUT2D eigenvalue weighted by molar-refractivity contribution is 5.97. The summed E-state index contributed by atoms with van der Waals surface area (Å²) in [4.78, 5) is 15.7. The number of aromatic nitrogens is 1. The summed E-state index contributed by atoms with van der Waals surface area (Å²) in [5.41, 5.74) is 0.618. The van der Waals surface area contributed by atoms with E-state index in [1.165, 1.54) is 0 Å². The number of rotatable bonds is 4. The summed E-state index contributed by atoms with van der Waals surface area (Å²) in [6.07, 6.45) is 3.17. The number of ketones is 1. The molecule has 76 valence electrons. The van der Waals surface area contributed by atoms with Crippen LogP contribution in [0.4, 0.5) is 0 Å². The van der Waals surface area contributed by atoms with Crippen LogP contribution in [-0.4, -0.2) is 22.5 Å². The predicted molar refractivity (Wildman–Crippen MR) is 54.0 cm³/mol. The first-order valence-corrected chi connectivity index (χ1v) is 4.72. The van der Waals surface area contributed by atoms with Gasteiger partial charge in [-0.3, -0.25) is 9.78 Å². The van der Waals surface area contributed by atoms with Crippen molar-refractivity contribution in [3.8, 4) is 0 Å². The smallest absolute Gasteiger partial charge is 0.168 e. The lowest BCUT2D eigenvalue weighted by Crippen LogP contribution is -2.24. The van der Waals surface area contributed by atoms with Crippen LogP contribution in [0.3, 0.4) is 0 Å². The molecule has 0 saturated carbocycles. The van der Waals surface area contributed by atoms with E-state index in [2.05, 4.69) is 4.98 Å². The second kappa shape index (κ2) is 4.86. The SMILES string of the molecule is CC(C)C(CO)C(=O)c1ccncc1. The number of aliphatic hydroxyl groups excluding tert-OH is 1. The maximum absolute atomic E-state index is 11.8. The van der Waals surface area contributed by atoms with Crippen molar-refractivity contribution in [2.45, 2.75) is 13.8 Å². The molecule has 14 heavy (non-hydrogen) atoms. The molecule has 0 aliphatic carbocycles. The summed E-state index contributed by atoms with van der Waals surface area (Å²) in [7, 11) is 0. The van der Waals surface area contributed by atoms with Crippen molar-refractivity contribution < 1.29 is 9.90 Å². The maximum atomic E-state index is 11.8. The first-order chi connectivity index (χ1) is 6.66. The lowest BCUT2D eigenvalue weighted by molar-refractivity contribution is 0.0806. The average molecular weight is 193 g/mol. The number of carbonyl (C=O) groups is 1. The Hall–Kier alpha value is -1.22. The van der Waals surface area contributed by atoms with Gasteiger partial charge in [0.2, 0.25) is 0 Å². The summed E-state index contributed by atoms with van der Waals surface area (Å²) in [6, 6.07) is 3.35. The van der Waals surface area contributed by atoms with Crippen LogP contribution in [0.1, 0.15) is 24.2 Å². The fraction of sp³-hybridized carbons (Fsp3) is 0.455. The molecule has 0 aliphatic rings. The van der Waals surface area contributed by atoms with Gasteiger partial charge in [-0.2, -0.15) is 0 Å². The second-order valence-electron chi connectivity index (χ2n) is 3.63. The van der Waals surface area contributed by atoms with Gasteiger partial charge in [0, 0.05) is 23.9 Å². The van der Waals surface area contributed by atoms with Gasteiger partial charge in [-0.1, -0.05) is 13.8 Å². The van der Waals surface area contributed by atoms with Gasteiger partial charge in [0.1, 0.15) is 0 Å². The zero-order valence-electron chi connectivity index (χ0n) is 8.47. The molecule has 1 heterocycles. The van der Waals surface area contributed by atoms with Crippen molar-refractivity contribution in [2.24, 2.45) is 11.8 Å². The van der Waals surface area contributed by atoms with Gasteiger partial charge in [0.05, 0.1) is 6.61 Å². The van der Waals surface area contributed by atoms with Gasteiger partial charge in [0.25, 0.3) is 0 Å². The highest BCUT2D eigenvalue weighted by Crippen LogP contribution is 2.16. The summed E-state index contributed by atoms with van der Waals surface area (Å²) in [6.45, 7) is 3.76. The first kappa shape index (κ1) is 10.9. The number of carbonyl (C=O) groups excluding carboxylic acids is 1. The number of aliphatic hydroxyl groups is 1. The van der Waals surface area contributed by atoms with E-state index in [-0.39, 0.29) is 24.2 Å². The van der Waals surface area contributed by atoms with Crippen LogP contribution in [0.25, 0.3) is 0 Å². The lowest BCUT2D eigenvalue weighted by Gasteiger charge is -2.16. The number of hydrogen-bond acceptors (Lipinski definition) is 3. The van der Waals surface area contributed by atoms with E-state index >= 15 is 0 Å². The third-order valence-electron chi connectivity index (χ3n) is 2.30. The van der Waals surface area contributed by atoms with Gasteiger partial charge in [-0.05, 0) is 18.1 Å². The molecule has 1 rings (SSSR count). The monoisotopic (exact) mass is 193 g/mol. The zero-order chi connectivity index (χ0) is 10.6. The molecule has 0 saturated heterocycles. The minimum atomic E-state index is -0.308. The number of Topliss-reactive ketones (excluding diaryl/α,β-unsaturated/α-hetero) is 1. The molecule has 0 aromatic carbocycles. The molecule has 0 aliphatic heterocycles. The number of pyridine rings is 1. The predicted octanol–water partition coefficient (Wildman–Crippen LogP) is 1.53. The third kappa shape index (κ3) is 2.39. The van der Waals surface area contributed by atoms with Crippen LogP contribution in [-0.2, 0) is 0 Å². The maximum Gasteiger partial charge on any atom is 0.168 e. The topological polar surface area (TPSA) is 50.2 Å². The molecule has 1 N–H and O–H groups in total. The van der Waals surface area contributed by atoms with E-state index in [9.17, 15) is 4.79 Å². The summed E-state index contributed by atoms with van der Waals surface area (Å²) in [5.74, 6) is -0.164. The Morgan fingerprint density at radius 2 is 2.00 bits per heavy atom. The molecule has 1 unspecified atom stereocenters. The Morgan fingerprint density at radius 1 is 1.43 bits per heavy atom. The molecule has 3 nitrogen and oxygen atoms in total. The van der Waals surface area contributed by atoms with Gasteiger partial charge < -0.3 is 5.11 Å². The van der Waals surface area contributed by atoms with Gasteiger partial charge in [-0.15, -0.1) is 0 Å². The van der Waals surface area contributed by atoms with E-state index < -0.39 is 0 Å². The fourth-order valence-electron chi connectivity index (χ4n) is 1.33. The van der Waals surface area contributed by atoms with Crippen LogP contribution in [0.2, 0.25) is 0 Å². The van der Waals surface area contributed by atoms with Crippen LogP contribution < -0.4 is 0 Å². The Bertz CT molecular complexity index is 295. The molecular formula is C11H15NO2. The quantitative estimate of drug-likeness (QED) is 0.738. The molecule has 0 bridgehead atoms. The molecule has 0 radical (unpaired) electrons. The minimum Gasteiger partial charge on any atom is -0.396 e. The van der Waals surface area contributed by atoms with E-state index in [4.69, 9.17) is 5.11 Å². The summed E-state index contributed by atoms with van der Waals surface area (Å²) < 4.78 is 0. The molecule has 1 aromatic rings. The fourth-order valence-corrected chi connectivity index (χ4v) is 1.33. The summed E-state index contributed by atoms with van der Waals surface area (Å²) in [5, 5.41) is 9.09. The Morgan fingerprint density at radius 3 is 2.43 bits per heavy atom. The van der Waals surface area contributed by atoms with Gasteiger partial charge in [0.15, 0.2) is 5.78 Å². The molecule has 0 fully saturated rings.